The van der Waals surface area contributed by atoms with E-state index in [2.05, 4.69) is 26.6 Å². The number of alkyl halides is 1. The molecular weight excluding hydrogens is 1270 g/mol. The van der Waals surface area contributed by atoms with E-state index in [1.165, 1.54) is 0 Å². The Kier molecular flexibility index (Phi) is 26.8. The van der Waals surface area contributed by atoms with Crippen LogP contribution in [0.25, 0.3) is 0 Å². The summed E-state index contributed by atoms with van der Waals surface area (Å²) < 4.78 is 75.3. The number of aliphatic hydroxyl groups excluding tert-OH is 20. The highest BCUT2D eigenvalue weighted by Gasteiger charge is 2.58. The van der Waals surface area contributed by atoms with E-state index in [4.69, 9.17) is 61.6 Å². The third kappa shape index (κ3) is 16.3. The average Bonchev–Trinajstić information content (AvgIpc) is 1.03. The predicted octanol–water partition coefficient (Wildman–Crippen LogP) is -14.6. The number of rotatable bonds is 24. The van der Waals surface area contributed by atoms with Crippen LogP contribution in [0, 0.1) is 0 Å². The maximum absolute atomic E-state index is 12.8. The van der Waals surface area contributed by atoms with Crippen LogP contribution in [-0.4, -0.2) is 386 Å². The number of ketones is 1. The predicted molar refractivity (Wildman–Crippen MR) is 276 cm³/mol. The van der Waals surface area contributed by atoms with Crippen LogP contribution in [0.5, 0.6) is 0 Å². The Morgan fingerprint density at radius 1 is 0.341 bits per heavy atom. The summed E-state index contributed by atoms with van der Waals surface area (Å²) in [5, 5.41) is 222. The Hall–Kier alpha value is -2.23. The molecule has 2 amide bonds. The number of ether oxygens (including phenoxy) is 13. The van der Waals surface area contributed by atoms with Crippen molar-refractivity contribution in [1.82, 2.24) is 10.6 Å². The van der Waals surface area contributed by atoms with Gasteiger partial charge in [-0.15, -0.1) is 0 Å². The SMILES string of the molecule is CC(=O)NC1[C@H](O[C@@H]2C(CO)O[C@@H](CC(=O)CBr)C(NC(C)=O)[C@H]2O)OC(CO)[C@@H](O[C@@H]2OC(CO[C@H]3OC(CO[C@@H]4OC(CO)[C@@H](O)[C@H](O)C4O)[C@@H](O)[C@H](O[C@@H]4OC(CO)[C@@H](O)[C@H](O)C4O)C3O)[C@@H](O)[C@H](O[C@@H]3OC(CO)[C@H](O)C(O)[C@@H]3O)C2O)[C@@H]1O. The molecule has 7 saturated heterocycles. The van der Waals surface area contributed by atoms with Crippen LogP contribution in [0.1, 0.15) is 20.3 Å². The third-order valence-electron chi connectivity index (χ3n) is 16.0. The first kappa shape index (κ1) is 73.2. The summed E-state index contributed by atoms with van der Waals surface area (Å²) in [6.07, 6.45) is -64.7. The van der Waals surface area contributed by atoms with Crippen molar-refractivity contribution in [2.45, 2.75) is 235 Å². The van der Waals surface area contributed by atoms with Gasteiger partial charge in [-0.2, -0.15) is 0 Å². The van der Waals surface area contributed by atoms with Crippen LogP contribution in [0.2, 0.25) is 0 Å². The van der Waals surface area contributed by atoms with Crippen LogP contribution < -0.4 is 10.6 Å². The van der Waals surface area contributed by atoms with Gasteiger partial charge in [-0.1, -0.05) is 15.9 Å². The number of carbonyl (C=O) groups is 3. The Morgan fingerprint density at radius 2 is 0.659 bits per heavy atom. The summed E-state index contributed by atoms with van der Waals surface area (Å²) in [6, 6.07) is -3.17. The minimum atomic E-state index is -2.35. The maximum atomic E-state index is 12.8. The first-order valence-electron chi connectivity index (χ1n) is 28.0. The largest absolute Gasteiger partial charge is 0.394 e. The number of aliphatic hydroxyl groups is 20. The first-order chi connectivity index (χ1) is 41.6. The van der Waals surface area contributed by atoms with Crippen molar-refractivity contribution < 1.29 is 178 Å². The monoisotopic (exact) mass is 1350 g/mol. The van der Waals surface area contributed by atoms with Gasteiger partial charge in [0.05, 0.1) is 63.7 Å². The number of hydrogen-bond acceptors (Lipinski definition) is 36. The van der Waals surface area contributed by atoms with E-state index in [1.807, 2.05) is 0 Å². The van der Waals surface area contributed by atoms with E-state index in [9.17, 15) is 117 Å². The maximum Gasteiger partial charge on any atom is 0.217 e. The molecule has 22 N–H and O–H groups in total. The van der Waals surface area contributed by atoms with Gasteiger partial charge in [-0.25, -0.2) is 0 Å². The molecule has 39 heteroatoms. The molecule has 510 valence electrons. The van der Waals surface area contributed by atoms with Gasteiger partial charge in [0.25, 0.3) is 0 Å². The molecule has 0 spiro atoms. The van der Waals surface area contributed by atoms with Crippen LogP contribution in [-0.2, 0) is 76.0 Å². The van der Waals surface area contributed by atoms with E-state index in [1.54, 1.807) is 0 Å². The summed E-state index contributed by atoms with van der Waals surface area (Å²) in [4.78, 5) is 37.6. The molecule has 0 saturated carbocycles. The zero-order chi connectivity index (χ0) is 64.9. The standard InChI is InChI=1S/C49H81BrN2O36/c1-12(58)51-23-15(3-14(60)4-50)78-19(8-56)40(30(23)66)85-44-24(52-13(2)59)31(67)41(20(9-57)82-44)86-49-39(75)43(88-48-37(73)34(70)27(63)18(7-55)81-48)29(65)22(84-49)11-77-46-38(74)42(87-47-36(72)33(69)26(62)17(6-54)80-47)28(64)21(83-46)10-76-45-35(71)32(68)25(61)16(5-53)79-45/h15-49,53-57,61-75H,3-11H2,1-2H3,(H,51,58)(H,52,59)/t15-,16?,17?,18?,19?,20?,21?,22?,23?,24?,25+,26+,27-,28+,29+,30+,31+,32-,33-,34?,35?,36?,37-,38?,39?,40+,41+,42-,43-,44-,45+,46-,47-,48-,49-/m0/s1. The van der Waals surface area contributed by atoms with Crippen molar-refractivity contribution in [3.05, 3.63) is 0 Å². The van der Waals surface area contributed by atoms with Crippen LogP contribution >= 0.6 is 15.9 Å². The lowest BCUT2D eigenvalue weighted by atomic mass is 9.89. The molecule has 88 heavy (non-hydrogen) atoms. The number of amides is 2. The summed E-state index contributed by atoms with van der Waals surface area (Å²) in [7, 11) is 0. The highest BCUT2D eigenvalue weighted by atomic mass is 79.9. The molecule has 0 aromatic rings. The van der Waals surface area contributed by atoms with Crippen molar-refractivity contribution in [2.75, 3.05) is 51.6 Å². The van der Waals surface area contributed by atoms with Gasteiger partial charge in [0.2, 0.25) is 11.8 Å². The smallest absolute Gasteiger partial charge is 0.217 e. The molecule has 0 aliphatic carbocycles. The van der Waals surface area contributed by atoms with Gasteiger partial charge in [0.1, 0.15) is 171 Å². The molecule has 0 aromatic carbocycles. The van der Waals surface area contributed by atoms with Gasteiger partial charge in [0, 0.05) is 20.3 Å². The van der Waals surface area contributed by atoms with Crippen molar-refractivity contribution in [3.8, 4) is 0 Å². The number of hydrogen-bond donors (Lipinski definition) is 22. The molecule has 0 radical (unpaired) electrons. The third-order valence-corrected chi connectivity index (χ3v) is 16.6. The number of halogens is 1. The Balaban J connectivity index is 1.17. The average molecular weight is 1350 g/mol. The summed E-state index contributed by atoms with van der Waals surface area (Å²) in [5.74, 6) is -1.96. The molecule has 38 nitrogen and oxygen atoms in total. The lowest BCUT2D eigenvalue weighted by Gasteiger charge is -2.50. The van der Waals surface area contributed by atoms with E-state index in [0.717, 1.165) is 13.8 Å². The topological polar surface area (TPSA) is 600 Å². The van der Waals surface area contributed by atoms with Crippen molar-refractivity contribution in [3.63, 3.8) is 0 Å². The molecule has 7 aliphatic heterocycles. The number of carbonyl (C=O) groups excluding carboxylic acids is 3. The van der Waals surface area contributed by atoms with Gasteiger partial charge in [0.15, 0.2) is 37.7 Å². The normalized spacial score (nSPS) is 48.6. The summed E-state index contributed by atoms with van der Waals surface area (Å²) >= 11 is 3.04. The van der Waals surface area contributed by atoms with Gasteiger partial charge < -0.3 is 174 Å². The molecule has 0 aromatic heterocycles. The minimum Gasteiger partial charge on any atom is -0.394 e. The van der Waals surface area contributed by atoms with Crippen LogP contribution in [0.4, 0.5) is 0 Å². The van der Waals surface area contributed by atoms with E-state index < -0.39 is 278 Å². The van der Waals surface area contributed by atoms with E-state index in [-0.39, 0.29) is 11.8 Å². The lowest BCUT2D eigenvalue weighted by Crippen LogP contribution is -2.70. The second-order valence-electron chi connectivity index (χ2n) is 22.1. The summed E-state index contributed by atoms with van der Waals surface area (Å²) in [5.41, 5.74) is 0. The Bertz CT molecular complexity index is 2200. The fourth-order valence-corrected chi connectivity index (χ4v) is 11.4. The fourth-order valence-electron chi connectivity index (χ4n) is 11.2. The molecule has 7 aliphatic rings. The minimum absolute atomic E-state index is 0.138. The zero-order valence-electron chi connectivity index (χ0n) is 46.9. The molecule has 7 fully saturated rings. The quantitative estimate of drug-likeness (QED) is 0.0399. The van der Waals surface area contributed by atoms with Crippen molar-refractivity contribution in [1.29, 1.82) is 0 Å². The Morgan fingerprint density at radius 3 is 1.09 bits per heavy atom. The second-order valence-corrected chi connectivity index (χ2v) is 22.7. The van der Waals surface area contributed by atoms with Crippen LogP contribution in [0.3, 0.4) is 0 Å². The molecule has 7 rings (SSSR count). The van der Waals surface area contributed by atoms with Gasteiger partial charge in [-0.05, 0) is 0 Å². The van der Waals surface area contributed by atoms with Crippen molar-refractivity contribution >= 4 is 33.5 Å². The highest BCUT2D eigenvalue weighted by molar-refractivity contribution is 9.09. The number of nitrogens with one attached hydrogen (secondary N) is 2. The van der Waals surface area contributed by atoms with E-state index in [0.29, 0.717) is 0 Å². The molecule has 35 atom stereocenters. The molecular formula is C49H81BrN2O36. The van der Waals surface area contributed by atoms with Crippen molar-refractivity contribution in [2.24, 2.45) is 0 Å². The fraction of sp³-hybridized carbons (Fsp3) is 0.939. The summed E-state index contributed by atoms with van der Waals surface area (Å²) in [6.45, 7) is -4.69. The highest BCUT2D eigenvalue weighted by Crippen LogP contribution is 2.37. The number of Topliss-reactive ketones (excluding diaryl/α,β-unsaturated/α-hetero) is 1. The molecule has 0 bridgehead atoms. The second kappa shape index (κ2) is 32.3. The Labute approximate surface area is 507 Å². The molecule has 14 unspecified atom stereocenters. The van der Waals surface area contributed by atoms with Crippen LogP contribution in [0.15, 0.2) is 0 Å². The zero-order valence-corrected chi connectivity index (χ0v) is 48.5. The first-order valence-corrected chi connectivity index (χ1v) is 29.1. The lowest BCUT2D eigenvalue weighted by molar-refractivity contribution is -0.387. The van der Waals surface area contributed by atoms with Gasteiger partial charge >= 0.3 is 0 Å². The molecule has 7 heterocycles. The van der Waals surface area contributed by atoms with Gasteiger partial charge in [-0.3, -0.25) is 14.4 Å². The van der Waals surface area contributed by atoms with E-state index >= 15 is 0 Å².